The molecule has 14 heteroatoms. The summed E-state index contributed by atoms with van der Waals surface area (Å²) >= 11 is 1.57. The van der Waals surface area contributed by atoms with Crippen LogP contribution in [0.2, 0.25) is 0 Å². The van der Waals surface area contributed by atoms with Crippen molar-refractivity contribution in [1.29, 1.82) is 0 Å². The zero-order valence-corrected chi connectivity index (χ0v) is 31.0. The Labute approximate surface area is 297 Å². The first-order valence-corrected chi connectivity index (χ1v) is 19.1. The minimum Gasteiger partial charge on any atom is -1.00 e. The Morgan fingerprint density at radius 2 is 1.60 bits per heavy atom. The number of thiophene rings is 1. The topological polar surface area (TPSA) is 152 Å². The third-order valence-corrected chi connectivity index (χ3v) is 11.8. The maximum absolute atomic E-state index is 11.7. The highest BCUT2D eigenvalue weighted by atomic mass is 127. The van der Waals surface area contributed by atoms with Crippen molar-refractivity contribution in [3.63, 3.8) is 0 Å². The minimum absolute atomic E-state index is 0. The van der Waals surface area contributed by atoms with Gasteiger partial charge in [0.15, 0.2) is 12.3 Å². The summed E-state index contributed by atoms with van der Waals surface area (Å²) in [6.07, 6.45) is 6.58. The molecular weight excluding hydrogens is 775 g/mol. The molecule has 5 rings (SSSR count). The van der Waals surface area contributed by atoms with Crippen LogP contribution in [-0.4, -0.2) is 71.9 Å². The Morgan fingerprint density at radius 3 is 2.28 bits per heavy atom. The molecule has 2 aliphatic rings. The van der Waals surface area contributed by atoms with Crippen molar-refractivity contribution in [2.45, 2.75) is 57.3 Å². The smallest absolute Gasteiger partial charge is 0.309 e. The molecule has 0 amide bonds. The maximum atomic E-state index is 11.7. The summed E-state index contributed by atoms with van der Waals surface area (Å²) in [7, 11) is -8.37. The maximum Gasteiger partial charge on any atom is 0.309 e. The zero-order chi connectivity index (χ0) is 33.5. The van der Waals surface area contributed by atoms with E-state index in [4.69, 9.17) is 0 Å². The lowest BCUT2D eigenvalue weighted by atomic mass is 9.77. The van der Waals surface area contributed by atoms with E-state index < -0.39 is 48.5 Å². The van der Waals surface area contributed by atoms with Crippen molar-refractivity contribution in [2.24, 2.45) is 0 Å². The van der Waals surface area contributed by atoms with Crippen molar-refractivity contribution >= 4 is 64.0 Å². The lowest BCUT2D eigenvalue weighted by Gasteiger charge is -2.31. The molecule has 254 valence electrons. The number of para-hydroxylation sites is 1. The van der Waals surface area contributed by atoms with Crippen molar-refractivity contribution in [1.82, 2.24) is 0 Å². The molecule has 1 atom stereocenters. The largest absolute Gasteiger partial charge is 1.00 e. The van der Waals surface area contributed by atoms with E-state index in [-0.39, 0.29) is 43.2 Å². The van der Waals surface area contributed by atoms with Crippen LogP contribution >= 0.6 is 11.3 Å². The average Bonchev–Trinajstić information content (AvgIpc) is 3.52. The monoisotopic (exact) mass is 814 g/mol. The molecule has 0 saturated carbocycles. The Kier molecular flexibility index (Phi) is 11.1. The minimum atomic E-state index is -4.19. The number of hydrogen-bond acceptors (Lipinski definition) is 7. The van der Waals surface area contributed by atoms with Crippen LogP contribution in [0.1, 0.15) is 57.6 Å². The molecule has 47 heavy (non-hydrogen) atoms. The van der Waals surface area contributed by atoms with E-state index in [1.807, 2.05) is 78.3 Å². The van der Waals surface area contributed by atoms with Crippen LogP contribution in [0.25, 0.3) is 10.1 Å². The van der Waals surface area contributed by atoms with Gasteiger partial charge in [0.2, 0.25) is 5.69 Å². The van der Waals surface area contributed by atoms with Crippen molar-refractivity contribution in [3.05, 3.63) is 83.6 Å². The van der Waals surface area contributed by atoms with Crippen LogP contribution in [-0.2, 0) is 35.9 Å². The first-order valence-electron chi connectivity index (χ1n) is 15.1. The summed E-state index contributed by atoms with van der Waals surface area (Å²) in [4.78, 5) is 13.6. The molecule has 3 heterocycles. The highest BCUT2D eigenvalue weighted by Crippen LogP contribution is 2.57. The molecule has 3 aromatic rings. The van der Waals surface area contributed by atoms with Gasteiger partial charge in [-0.1, -0.05) is 42.5 Å². The van der Waals surface area contributed by atoms with Crippen molar-refractivity contribution in [3.8, 4) is 0 Å². The molecule has 3 N–H and O–H groups in total. The number of carboxylic acid groups (broad SMARTS) is 1. The van der Waals surface area contributed by atoms with Gasteiger partial charge in [0, 0.05) is 45.6 Å². The average molecular weight is 815 g/mol. The van der Waals surface area contributed by atoms with Gasteiger partial charge in [-0.15, -0.1) is 11.3 Å². The molecule has 2 aliphatic heterocycles. The fourth-order valence-corrected chi connectivity index (χ4v) is 9.25. The SMILES string of the molecule is CC1(C)C(/C=C/C=C2\N(CCCS(=O)(=O)O)c3sc4ccccc4c3C2(C)CCCS(=O)(=O)O)=[N+](CCC(=O)O)c2ccccc21.[I-]. The van der Waals surface area contributed by atoms with E-state index in [1.165, 1.54) is 0 Å². The molecule has 10 nitrogen and oxygen atoms in total. The zero-order valence-electron chi connectivity index (χ0n) is 26.4. The van der Waals surface area contributed by atoms with E-state index in [1.54, 1.807) is 11.3 Å². The normalized spacial score (nSPS) is 19.9. The number of rotatable bonds is 13. The molecule has 0 spiro atoms. The van der Waals surface area contributed by atoms with Gasteiger partial charge in [0.1, 0.15) is 11.4 Å². The summed E-state index contributed by atoms with van der Waals surface area (Å²) < 4.78 is 68.7. The van der Waals surface area contributed by atoms with Crippen LogP contribution in [0.15, 0.2) is 72.5 Å². The summed E-state index contributed by atoms with van der Waals surface area (Å²) in [5.74, 6) is -1.69. The van der Waals surface area contributed by atoms with Crippen LogP contribution in [0, 0.1) is 0 Å². The molecule has 2 aromatic carbocycles. The van der Waals surface area contributed by atoms with E-state index in [0.717, 1.165) is 43.3 Å². The van der Waals surface area contributed by atoms with Crippen LogP contribution in [0.3, 0.4) is 0 Å². The Bertz CT molecular complexity index is 2000. The number of carbonyl (C=O) groups is 1. The molecule has 0 aliphatic carbocycles. The summed E-state index contributed by atoms with van der Waals surface area (Å²) in [6.45, 7) is 6.83. The first-order chi connectivity index (χ1) is 21.5. The lowest BCUT2D eigenvalue weighted by Crippen LogP contribution is -3.00. The van der Waals surface area contributed by atoms with Gasteiger partial charge in [-0.3, -0.25) is 13.9 Å². The predicted octanol–water partition coefficient (Wildman–Crippen LogP) is 2.92. The van der Waals surface area contributed by atoms with Gasteiger partial charge in [0.25, 0.3) is 20.2 Å². The third-order valence-electron chi connectivity index (χ3n) is 8.95. The summed E-state index contributed by atoms with van der Waals surface area (Å²) in [5, 5.41) is 11.4. The van der Waals surface area contributed by atoms with Gasteiger partial charge < -0.3 is 34.0 Å². The third kappa shape index (κ3) is 7.83. The van der Waals surface area contributed by atoms with Gasteiger partial charge >= 0.3 is 5.97 Å². The number of aliphatic carboxylic acids is 1. The van der Waals surface area contributed by atoms with Gasteiger partial charge in [0.05, 0.1) is 16.9 Å². The number of allylic oxidation sites excluding steroid dienone is 4. The molecule has 0 radical (unpaired) electrons. The number of benzene rings is 2. The van der Waals surface area contributed by atoms with E-state index >= 15 is 0 Å². The Morgan fingerprint density at radius 1 is 0.957 bits per heavy atom. The Hall–Kier alpha value is -2.63. The number of carboxylic acids is 1. The van der Waals surface area contributed by atoms with Crippen molar-refractivity contribution in [2.75, 3.05) is 29.5 Å². The second kappa shape index (κ2) is 14.1. The van der Waals surface area contributed by atoms with E-state index in [9.17, 15) is 35.8 Å². The molecule has 1 aromatic heterocycles. The van der Waals surface area contributed by atoms with Crippen molar-refractivity contribution < 1.29 is 64.4 Å². The number of halogens is 1. The van der Waals surface area contributed by atoms with Crippen LogP contribution < -0.4 is 28.9 Å². The van der Waals surface area contributed by atoms with Crippen LogP contribution in [0.4, 0.5) is 10.7 Å². The fourth-order valence-electron chi connectivity index (χ4n) is 6.87. The molecule has 1 unspecified atom stereocenters. The predicted molar refractivity (Wildman–Crippen MR) is 182 cm³/mol. The first kappa shape index (κ1) is 37.2. The molecule has 0 bridgehead atoms. The molecule has 0 fully saturated rings. The highest BCUT2D eigenvalue weighted by molar-refractivity contribution is 7.86. The Balaban J connectivity index is 0.00000500. The molecular formula is C33H39IN2O8S3. The number of fused-ring (bicyclic) bond motifs is 4. The lowest BCUT2D eigenvalue weighted by molar-refractivity contribution is -0.436. The van der Waals surface area contributed by atoms with Gasteiger partial charge in [-0.25, -0.2) is 0 Å². The molecule has 0 saturated heterocycles. The van der Waals surface area contributed by atoms with Crippen LogP contribution in [0.5, 0.6) is 0 Å². The number of anilines is 1. The second-order valence-electron chi connectivity index (χ2n) is 12.5. The summed E-state index contributed by atoms with van der Waals surface area (Å²) in [6, 6.07) is 15.9. The number of nitrogens with zero attached hydrogens (tertiary/aromatic N) is 2. The highest BCUT2D eigenvalue weighted by Gasteiger charge is 2.47. The second-order valence-corrected chi connectivity index (χ2v) is 16.7. The summed E-state index contributed by atoms with van der Waals surface area (Å²) in [5.41, 5.74) is 3.72. The van der Waals surface area contributed by atoms with E-state index in [2.05, 4.69) is 18.7 Å². The fraction of sp³-hybridized carbons (Fsp3) is 0.394. The van der Waals surface area contributed by atoms with Gasteiger partial charge in [-0.2, -0.15) is 21.4 Å². The number of hydrogen-bond donors (Lipinski definition) is 3. The standard InChI is InChI=1S/C33H38N2O8S3.HI/c1-32(2)24-12-5-6-13-25(24)34(20-17-29(36)37)27(32)15-8-16-28-33(3,18-9-21-45(38,39)40)30-23-11-4-7-14-26(23)44-31(30)35(28)19-10-22-46(41,42)43;/h4-8,11-16H,9-10,17-22H2,1-3H3,(H2-,36,37,38,39,40,41,42,43);1H. The quantitative estimate of drug-likeness (QED) is 0.135. The van der Waals surface area contributed by atoms with Gasteiger partial charge in [-0.05, 0) is 57.6 Å². The van der Waals surface area contributed by atoms with E-state index in [0.29, 0.717) is 19.5 Å².